The van der Waals surface area contributed by atoms with Gasteiger partial charge in [-0.05, 0) is 12.8 Å². The highest BCUT2D eigenvalue weighted by Gasteiger charge is 2.26. The van der Waals surface area contributed by atoms with Crippen LogP contribution in [0.2, 0.25) is 0 Å². The van der Waals surface area contributed by atoms with Crippen LogP contribution in [0.25, 0.3) is 0 Å². The molecule has 0 saturated carbocycles. The zero-order chi connectivity index (χ0) is 12.0. The van der Waals surface area contributed by atoms with E-state index in [-0.39, 0.29) is 23.8 Å². The van der Waals surface area contributed by atoms with E-state index >= 15 is 0 Å². The first-order valence-electron chi connectivity index (χ1n) is 5.75. The summed E-state index contributed by atoms with van der Waals surface area (Å²) in [7, 11) is 0. The van der Waals surface area contributed by atoms with Crippen LogP contribution in [0, 0.1) is 5.92 Å². The molecule has 90 valence electrons. The van der Waals surface area contributed by atoms with Crippen molar-refractivity contribution in [1.82, 2.24) is 5.32 Å². The number of carbonyl (C=O) groups excluding carboxylic acids is 2. The first-order chi connectivity index (χ1) is 7.63. The van der Waals surface area contributed by atoms with Crippen molar-refractivity contribution in [3.05, 3.63) is 12.2 Å². The van der Waals surface area contributed by atoms with Gasteiger partial charge < -0.3 is 10.1 Å². The number of carbonyl (C=O) groups is 2. The predicted molar refractivity (Wildman–Crippen MR) is 60.7 cm³/mol. The zero-order valence-electron chi connectivity index (χ0n) is 9.86. The normalized spacial score (nSPS) is 23.1. The molecule has 16 heavy (non-hydrogen) atoms. The molecule has 1 aliphatic rings. The van der Waals surface area contributed by atoms with Crippen LogP contribution in [0.4, 0.5) is 0 Å². The number of amides is 1. The van der Waals surface area contributed by atoms with E-state index in [0.29, 0.717) is 13.0 Å². The van der Waals surface area contributed by atoms with E-state index < -0.39 is 0 Å². The summed E-state index contributed by atoms with van der Waals surface area (Å²) < 4.78 is 5.12. The van der Waals surface area contributed by atoms with Crippen LogP contribution in [0.1, 0.15) is 33.1 Å². The molecule has 0 saturated heterocycles. The summed E-state index contributed by atoms with van der Waals surface area (Å²) >= 11 is 0. The van der Waals surface area contributed by atoms with Gasteiger partial charge >= 0.3 is 5.97 Å². The number of nitrogens with one attached hydrogen (secondary N) is 1. The van der Waals surface area contributed by atoms with Crippen molar-refractivity contribution in [3.63, 3.8) is 0 Å². The van der Waals surface area contributed by atoms with Crippen molar-refractivity contribution in [2.24, 2.45) is 5.92 Å². The second kappa shape index (κ2) is 6.30. The molecule has 0 radical (unpaired) electrons. The molecular weight excluding hydrogens is 206 g/mol. The molecule has 1 aliphatic carbocycles. The number of hydrogen-bond acceptors (Lipinski definition) is 3. The Morgan fingerprint density at radius 3 is 2.81 bits per heavy atom. The minimum absolute atomic E-state index is 0.0266. The molecule has 2 atom stereocenters. The van der Waals surface area contributed by atoms with Gasteiger partial charge in [-0.3, -0.25) is 9.59 Å². The average Bonchev–Trinajstić information content (AvgIpc) is 2.65. The van der Waals surface area contributed by atoms with Crippen LogP contribution in [-0.4, -0.2) is 24.5 Å². The van der Waals surface area contributed by atoms with Gasteiger partial charge in [-0.2, -0.15) is 0 Å². The van der Waals surface area contributed by atoms with Gasteiger partial charge in [0, 0.05) is 13.0 Å². The highest BCUT2D eigenvalue weighted by Crippen LogP contribution is 2.19. The molecule has 0 spiro atoms. The summed E-state index contributed by atoms with van der Waals surface area (Å²) in [5.41, 5.74) is 0. The number of hydrogen-bond donors (Lipinski definition) is 1. The van der Waals surface area contributed by atoms with E-state index in [1.807, 2.05) is 12.2 Å². The lowest BCUT2D eigenvalue weighted by Crippen LogP contribution is -2.31. The monoisotopic (exact) mass is 225 g/mol. The summed E-state index contributed by atoms with van der Waals surface area (Å²) in [6.07, 6.45) is 6.20. The smallest absolute Gasteiger partial charge is 0.312 e. The minimum atomic E-state index is -0.200. The molecule has 0 aliphatic heterocycles. The summed E-state index contributed by atoms with van der Waals surface area (Å²) in [5.74, 6) is -0.457. The number of ether oxygens (including phenoxy) is 1. The molecule has 0 aromatic rings. The molecule has 0 aromatic carbocycles. The number of rotatable bonds is 5. The molecule has 0 aromatic heterocycles. The Bertz CT molecular complexity index is 286. The largest absolute Gasteiger partial charge is 0.465 e. The van der Waals surface area contributed by atoms with Gasteiger partial charge in [0.1, 0.15) is 0 Å². The van der Waals surface area contributed by atoms with E-state index in [4.69, 9.17) is 4.74 Å². The third-order valence-corrected chi connectivity index (χ3v) is 2.52. The molecule has 0 fully saturated rings. The van der Waals surface area contributed by atoms with Gasteiger partial charge in [-0.1, -0.05) is 25.5 Å². The Labute approximate surface area is 96.0 Å². The quantitative estimate of drug-likeness (QED) is 0.437. The van der Waals surface area contributed by atoms with Gasteiger partial charge in [0.2, 0.25) is 5.91 Å². The van der Waals surface area contributed by atoms with Crippen LogP contribution in [0.15, 0.2) is 12.2 Å². The van der Waals surface area contributed by atoms with Crippen molar-refractivity contribution in [1.29, 1.82) is 0 Å². The summed E-state index contributed by atoms with van der Waals surface area (Å²) in [6, 6.07) is -0.0266. The van der Waals surface area contributed by atoms with Gasteiger partial charge in [-0.25, -0.2) is 0 Å². The van der Waals surface area contributed by atoms with E-state index in [1.54, 1.807) is 0 Å². The van der Waals surface area contributed by atoms with Gasteiger partial charge in [0.25, 0.3) is 0 Å². The molecule has 4 nitrogen and oxygen atoms in total. The molecule has 1 amide bonds. The Morgan fingerprint density at radius 1 is 1.44 bits per heavy atom. The van der Waals surface area contributed by atoms with Crippen molar-refractivity contribution < 1.29 is 14.3 Å². The zero-order valence-corrected chi connectivity index (χ0v) is 9.86. The first-order valence-corrected chi connectivity index (χ1v) is 5.75. The summed E-state index contributed by atoms with van der Waals surface area (Å²) in [4.78, 5) is 22.4. The van der Waals surface area contributed by atoms with E-state index in [9.17, 15) is 9.59 Å². The maximum Gasteiger partial charge on any atom is 0.312 e. The third-order valence-electron chi connectivity index (χ3n) is 2.52. The highest BCUT2D eigenvalue weighted by molar-refractivity contribution is 5.77. The van der Waals surface area contributed by atoms with Gasteiger partial charge in [0.05, 0.1) is 12.5 Å². The van der Waals surface area contributed by atoms with Crippen molar-refractivity contribution >= 4 is 11.9 Å². The standard InChI is InChI=1S/C12H19NO3/c1-3-4-7-16-12(15)10-5-6-11(8-10)13-9(2)14/h5-6,10-11H,3-4,7-8H2,1-2H3,(H,13,14)/t10-,11+/m1/s1. The third kappa shape index (κ3) is 4.04. The maximum absolute atomic E-state index is 11.6. The molecule has 0 heterocycles. The maximum atomic E-state index is 11.6. The van der Waals surface area contributed by atoms with E-state index in [1.165, 1.54) is 6.92 Å². The predicted octanol–water partition coefficient (Wildman–Crippen LogP) is 1.41. The highest BCUT2D eigenvalue weighted by atomic mass is 16.5. The Kier molecular flexibility index (Phi) is 5.02. The molecule has 0 bridgehead atoms. The fourth-order valence-electron chi connectivity index (χ4n) is 1.67. The minimum Gasteiger partial charge on any atom is -0.465 e. The summed E-state index contributed by atoms with van der Waals surface area (Å²) in [5, 5.41) is 2.76. The average molecular weight is 225 g/mol. The van der Waals surface area contributed by atoms with Crippen molar-refractivity contribution in [3.8, 4) is 0 Å². The summed E-state index contributed by atoms with van der Waals surface area (Å²) in [6.45, 7) is 4.02. The molecule has 1 rings (SSSR count). The Morgan fingerprint density at radius 2 is 2.19 bits per heavy atom. The SMILES string of the molecule is CCCCOC(=O)[C@@H]1C=C[C@H](NC(C)=O)C1. The van der Waals surface area contributed by atoms with Crippen LogP contribution in [-0.2, 0) is 14.3 Å². The van der Waals surface area contributed by atoms with Crippen molar-refractivity contribution in [2.45, 2.75) is 39.2 Å². The number of unbranched alkanes of at least 4 members (excludes halogenated alkanes) is 1. The lowest BCUT2D eigenvalue weighted by Gasteiger charge is -2.12. The lowest BCUT2D eigenvalue weighted by atomic mass is 10.1. The van der Waals surface area contributed by atoms with Crippen LogP contribution < -0.4 is 5.32 Å². The Hall–Kier alpha value is -1.32. The van der Waals surface area contributed by atoms with Gasteiger partial charge in [0.15, 0.2) is 0 Å². The first kappa shape index (κ1) is 12.7. The molecular formula is C12H19NO3. The van der Waals surface area contributed by atoms with Crippen LogP contribution >= 0.6 is 0 Å². The van der Waals surface area contributed by atoms with Crippen molar-refractivity contribution in [2.75, 3.05) is 6.61 Å². The topological polar surface area (TPSA) is 55.4 Å². The molecule has 4 heteroatoms. The second-order valence-corrected chi connectivity index (χ2v) is 4.06. The lowest BCUT2D eigenvalue weighted by molar-refractivity contribution is -0.147. The second-order valence-electron chi connectivity index (χ2n) is 4.06. The van der Waals surface area contributed by atoms with E-state index in [0.717, 1.165) is 12.8 Å². The fourth-order valence-corrected chi connectivity index (χ4v) is 1.67. The Balaban J connectivity index is 2.27. The van der Waals surface area contributed by atoms with Crippen LogP contribution in [0.5, 0.6) is 0 Å². The molecule has 0 unspecified atom stereocenters. The molecule has 1 N–H and O–H groups in total. The van der Waals surface area contributed by atoms with Crippen LogP contribution in [0.3, 0.4) is 0 Å². The van der Waals surface area contributed by atoms with Gasteiger partial charge in [-0.15, -0.1) is 0 Å². The number of esters is 1. The fraction of sp³-hybridized carbons (Fsp3) is 0.667. The van der Waals surface area contributed by atoms with E-state index in [2.05, 4.69) is 12.2 Å².